The molecule has 0 aromatic carbocycles. The molecule has 1 saturated heterocycles. The topological polar surface area (TPSA) is 69.0 Å². The number of rotatable bonds is 6. The number of amides is 1. The van der Waals surface area contributed by atoms with Gasteiger partial charge in [0.2, 0.25) is 5.91 Å². The summed E-state index contributed by atoms with van der Waals surface area (Å²) in [6.07, 6.45) is 5.47. The standard InChI is InChI=1S/C17H22N4O2S/c1-13-10-16(21(20-13)15-7-2-4-8-18-15)19-17(22)12-24-11-14-6-3-5-9-23-14/h2,4,7-8,10,14H,3,5-6,9,11-12H2,1H3,(H,19,22)/t14-/m1/s1. The number of nitrogens with zero attached hydrogens (tertiary/aromatic N) is 3. The van der Waals surface area contributed by atoms with E-state index in [9.17, 15) is 4.79 Å². The lowest BCUT2D eigenvalue weighted by Gasteiger charge is -2.21. The van der Waals surface area contributed by atoms with Crippen molar-refractivity contribution in [2.75, 3.05) is 23.4 Å². The van der Waals surface area contributed by atoms with E-state index in [0.29, 0.717) is 17.4 Å². The molecule has 6 nitrogen and oxygen atoms in total. The monoisotopic (exact) mass is 346 g/mol. The zero-order chi connectivity index (χ0) is 16.8. The maximum atomic E-state index is 12.2. The van der Waals surface area contributed by atoms with Crippen molar-refractivity contribution < 1.29 is 9.53 Å². The van der Waals surface area contributed by atoms with Crippen LogP contribution in [0.15, 0.2) is 30.5 Å². The molecule has 1 amide bonds. The van der Waals surface area contributed by atoms with Gasteiger partial charge in [-0.1, -0.05) is 6.07 Å². The lowest BCUT2D eigenvalue weighted by molar-refractivity contribution is -0.113. The van der Waals surface area contributed by atoms with E-state index < -0.39 is 0 Å². The highest BCUT2D eigenvalue weighted by Gasteiger charge is 2.15. The summed E-state index contributed by atoms with van der Waals surface area (Å²) < 4.78 is 7.34. The number of ether oxygens (including phenoxy) is 1. The molecule has 3 rings (SSSR count). The van der Waals surface area contributed by atoms with Crippen LogP contribution in [0.25, 0.3) is 5.82 Å². The summed E-state index contributed by atoms with van der Waals surface area (Å²) >= 11 is 1.61. The number of aromatic nitrogens is 3. The highest BCUT2D eigenvalue weighted by Crippen LogP contribution is 2.18. The summed E-state index contributed by atoms with van der Waals surface area (Å²) in [6.45, 7) is 2.74. The third kappa shape index (κ3) is 4.58. The number of anilines is 1. The molecule has 128 valence electrons. The normalized spacial score (nSPS) is 17.6. The van der Waals surface area contributed by atoms with Crippen molar-refractivity contribution in [3.8, 4) is 5.82 Å². The van der Waals surface area contributed by atoms with Crippen molar-refractivity contribution >= 4 is 23.5 Å². The number of nitrogens with one attached hydrogen (secondary N) is 1. The highest BCUT2D eigenvalue weighted by atomic mass is 32.2. The Labute approximate surface area is 146 Å². The molecule has 0 spiro atoms. The van der Waals surface area contributed by atoms with Crippen molar-refractivity contribution in [1.82, 2.24) is 14.8 Å². The summed E-state index contributed by atoms with van der Waals surface area (Å²) in [4.78, 5) is 16.5. The Hall–Kier alpha value is -1.86. The van der Waals surface area contributed by atoms with Crippen molar-refractivity contribution in [3.05, 3.63) is 36.2 Å². The smallest absolute Gasteiger partial charge is 0.235 e. The van der Waals surface area contributed by atoms with Crippen LogP contribution in [0.4, 0.5) is 5.82 Å². The van der Waals surface area contributed by atoms with E-state index in [2.05, 4.69) is 15.4 Å². The van der Waals surface area contributed by atoms with Crippen LogP contribution in [0.5, 0.6) is 0 Å². The Bertz CT molecular complexity index is 668. The van der Waals surface area contributed by atoms with Crippen LogP contribution >= 0.6 is 11.8 Å². The zero-order valence-corrected chi connectivity index (χ0v) is 14.6. The Morgan fingerprint density at radius 3 is 3.12 bits per heavy atom. The predicted molar refractivity (Wildman–Crippen MR) is 95.6 cm³/mol. The van der Waals surface area contributed by atoms with E-state index >= 15 is 0 Å². The second kappa shape index (κ2) is 8.30. The molecule has 0 unspecified atom stereocenters. The van der Waals surface area contributed by atoms with Gasteiger partial charge in [-0.25, -0.2) is 4.98 Å². The van der Waals surface area contributed by atoms with Gasteiger partial charge in [-0.3, -0.25) is 4.79 Å². The van der Waals surface area contributed by atoms with Crippen LogP contribution < -0.4 is 5.32 Å². The first-order chi connectivity index (χ1) is 11.7. The molecule has 1 N–H and O–H groups in total. The van der Waals surface area contributed by atoms with Crippen molar-refractivity contribution in [2.45, 2.75) is 32.3 Å². The maximum Gasteiger partial charge on any atom is 0.235 e. The predicted octanol–water partition coefficient (Wildman–Crippen LogP) is 2.82. The molecule has 1 aliphatic heterocycles. The fraction of sp³-hybridized carbons (Fsp3) is 0.471. The number of hydrogen-bond donors (Lipinski definition) is 1. The molecule has 0 aliphatic carbocycles. The largest absolute Gasteiger partial charge is 0.377 e. The van der Waals surface area contributed by atoms with Gasteiger partial charge < -0.3 is 10.1 Å². The highest BCUT2D eigenvalue weighted by molar-refractivity contribution is 8.00. The SMILES string of the molecule is Cc1cc(NC(=O)CSC[C@H]2CCCCO2)n(-c2ccccn2)n1. The summed E-state index contributed by atoms with van der Waals surface area (Å²) in [5, 5.41) is 7.33. The van der Waals surface area contributed by atoms with Gasteiger partial charge in [-0.2, -0.15) is 9.78 Å². The molecule has 0 saturated carbocycles. The molecule has 1 atom stereocenters. The molecular weight excluding hydrogens is 324 g/mol. The first-order valence-corrected chi connectivity index (χ1v) is 9.35. The summed E-state index contributed by atoms with van der Waals surface area (Å²) in [7, 11) is 0. The van der Waals surface area contributed by atoms with Gasteiger partial charge in [0, 0.05) is 24.6 Å². The second-order valence-electron chi connectivity index (χ2n) is 5.82. The fourth-order valence-electron chi connectivity index (χ4n) is 2.64. The lowest BCUT2D eigenvalue weighted by atomic mass is 10.1. The molecule has 2 aromatic heterocycles. The molecule has 0 radical (unpaired) electrons. The molecular formula is C17H22N4O2S. The van der Waals surface area contributed by atoms with Crippen LogP contribution in [-0.4, -0.2) is 44.9 Å². The Morgan fingerprint density at radius 1 is 1.46 bits per heavy atom. The minimum Gasteiger partial charge on any atom is -0.377 e. The van der Waals surface area contributed by atoms with Gasteiger partial charge in [0.15, 0.2) is 5.82 Å². The van der Waals surface area contributed by atoms with Crippen LogP contribution in [0.2, 0.25) is 0 Å². The number of thioether (sulfide) groups is 1. The van der Waals surface area contributed by atoms with Crippen molar-refractivity contribution in [2.24, 2.45) is 0 Å². The number of carbonyl (C=O) groups is 1. The molecule has 7 heteroatoms. The molecule has 1 fully saturated rings. The van der Waals surface area contributed by atoms with Gasteiger partial charge >= 0.3 is 0 Å². The van der Waals surface area contributed by atoms with Gasteiger partial charge in [0.05, 0.1) is 17.6 Å². The van der Waals surface area contributed by atoms with Gasteiger partial charge in [-0.05, 0) is 38.3 Å². The van der Waals surface area contributed by atoms with Gasteiger partial charge in [0.25, 0.3) is 0 Å². The van der Waals surface area contributed by atoms with Gasteiger partial charge in [-0.15, -0.1) is 11.8 Å². The van der Waals surface area contributed by atoms with Crippen LogP contribution in [0.3, 0.4) is 0 Å². The average Bonchev–Trinajstić information content (AvgIpc) is 2.97. The minimum atomic E-state index is -0.0344. The number of carbonyl (C=O) groups excluding carboxylic acids is 1. The Morgan fingerprint density at radius 2 is 2.38 bits per heavy atom. The van der Waals surface area contributed by atoms with Crippen molar-refractivity contribution in [3.63, 3.8) is 0 Å². The van der Waals surface area contributed by atoms with Crippen LogP contribution in [0, 0.1) is 6.92 Å². The minimum absolute atomic E-state index is 0.0344. The summed E-state index contributed by atoms with van der Waals surface area (Å²) in [5.74, 6) is 2.57. The third-order valence-electron chi connectivity index (χ3n) is 3.78. The van der Waals surface area contributed by atoms with E-state index in [-0.39, 0.29) is 12.0 Å². The number of pyridine rings is 1. The lowest BCUT2D eigenvalue weighted by Crippen LogP contribution is -2.23. The van der Waals surface area contributed by atoms with Gasteiger partial charge in [0.1, 0.15) is 5.82 Å². The molecule has 2 aromatic rings. The van der Waals surface area contributed by atoms with E-state index in [1.165, 1.54) is 6.42 Å². The Kier molecular flexibility index (Phi) is 5.87. The van der Waals surface area contributed by atoms with E-state index in [4.69, 9.17) is 4.74 Å². The first kappa shape index (κ1) is 17.0. The number of aryl methyl sites for hydroxylation is 1. The Balaban J connectivity index is 1.54. The van der Waals surface area contributed by atoms with Crippen LogP contribution in [-0.2, 0) is 9.53 Å². The quantitative estimate of drug-likeness (QED) is 0.871. The van der Waals surface area contributed by atoms with Crippen molar-refractivity contribution in [1.29, 1.82) is 0 Å². The van der Waals surface area contributed by atoms with Crippen LogP contribution in [0.1, 0.15) is 25.0 Å². The number of hydrogen-bond acceptors (Lipinski definition) is 5. The first-order valence-electron chi connectivity index (χ1n) is 8.19. The summed E-state index contributed by atoms with van der Waals surface area (Å²) in [5.41, 5.74) is 0.833. The molecule has 24 heavy (non-hydrogen) atoms. The molecule has 1 aliphatic rings. The molecule has 0 bridgehead atoms. The summed E-state index contributed by atoms with van der Waals surface area (Å²) in [6, 6.07) is 7.45. The van der Waals surface area contributed by atoms with E-state index in [0.717, 1.165) is 30.9 Å². The second-order valence-corrected chi connectivity index (χ2v) is 6.85. The maximum absolute atomic E-state index is 12.2. The van der Waals surface area contributed by atoms with E-state index in [1.807, 2.05) is 31.2 Å². The van der Waals surface area contributed by atoms with E-state index in [1.54, 1.807) is 22.6 Å². The molecule has 3 heterocycles. The zero-order valence-electron chi connectivity index (χ0n) is 13.8. The average molecular weight is 346 g/mol. The fourth-order valence-corrected chi connectivity index (χ4v) is 3.54. The third-order valence-corrected chi connectivity index (χ3v) is 4.85.